The summed E-state index contributed by atoms with van der Waals surface area (Å²) in [5.41, 5.74) is 2.98. The number of benzene rings is 1. The van der Waals surface area contributed by atoms with Gasteiger partial charge in [0.1, 0.15) is 11.4 Å². The fourth-order valence-corrected chi connectivity index (χ4v) is 4.53. The van der Waals surface area contributed by atoms with Gasteiger partial charge in [0.15, 0.2) is 11.0 Å². The molecule has 8 heteroatoms. The van der Waals surface area contributed by atoms with Crippen LogP contribution in [-0.4, -0.2) is 44.0 Å². The summed E-state index contributed by atoms with van der Waals surface area (Å²) in [5, 5.41) is 9.89. The molecule has 4 heterocycles. The van der Waals surface area contributed by atoms with Gasteiger partial charge in [-0.25, -0.2) is 4.98 Å². The van der Waals surface area contributed by atoms with E-state index in [0.717, 1.165) is 65.4 Å². The second-order valence-electron chi connectivity index (χ2n) is 7.27. The van der Waals surface area contributed by atoms with Gasteiger partial charge in [-0.15, -0.1) is 10.2 Å². The number of aromatic nitrogens is 5. The average molecular weight is 422 g/mol. The molecule has 0 radical (unpaired) electrons. The molecule has 0 spiro atoms. The first kappa shape index (κ1) is 19.1. The molecule has 1 aliphatic rings. The van der Waals surface area contributed by atoms with Crippen molar-refractivity contribution in [3.05, 3.63) is 60.6 Å². The molecule has 0 aliphatic carbocycles. The van der Waals surface area contributed by atoms with E-state index < -0.39 is 0 Å². The highest BCUT2D eigenvalue weighted by molar-refractivity contribution is 7.98. The van der Waals surface area contributed by atoms with Crippen molar-refractivity contribution >= 4 is 17.4 Å². The van der Waals surface area contributed by atoms with Crippen molar-refractivity contribution in [2.45, 2.75) is 36.4 Å². The number of hydrogen-bond donors (Lipinski definition) is 0. The monoisotopic (exact) mass is 421 g/mol. The highest BCUT2D eigenvalue weighted by Crippen LogP contribution is 2.29. The lowest BCUT2D eigenvalue weighted by atomic mass is 10.2. The van der Waals surface area contributed by atoms with Crippen molar-refractivity contribution < 1.29 is 9.47 Å². The maximum absolute atomic E-state index is 5.89. The lowest BCUT2D eigenvalue weighted by molar-refractivity contribution is 0.0953. The molecular weight excluding hydrogens is 398 g/mol. The molecule has 0 amide bonds. The summed E-state index contributed by atoms with van der Waals surface area (Å²) in [6.07, 6.45) is 6.45. The summed E-state index contributed by atoms with van der Waals surface area (Å²) in [7, 11) is 1.67. The molecule has 0 bridgehead atoms. The Hall–Kier alpha value is -2.84. The molecule has 0 saturated carbocycles. The normalized spacial score (nSPS) is 16.4. The lowest BCUT2D eigenvalue weighted by Gasteiger charge is -2.14. The second-order valence-corrected chi connectivity index (χ2v) is 8.21. The van der Waals surface area contributed by atoms with E-state index in [9.17, 15) is 0 Å². The number of imidazole rings is 1. The Kier molecular flexibility index (Phi) is 5.42. The average Bonchev–Trinajstić information content (AvgIpc) is 3.52. The summed E-state index contributed by atoms with van der Waals surface area (Å²) >= 11 is 1.66. The van der Waals surface area contributed by atoms with E-state index in [1.165, 1.54) is 0 Å². The third kappa shape index (κ3) is 3.93. The van der Waals surface area contributed by atoms with Gasteiger partial charge in [0.2, 0.25) is 0 Å². The van der Waals surface area contributed by atoms with Crippen LogP contribution in [0.15, 0.2) is 60.0 Å². The van der Waals surface area contributed by atoms with Gasteiger partial charge in [-0.1, -0.05) is 17.8 Å². The van der Waals surface area contributed by atoms with Crippen molar-refractivity contribution in [3.8, 4) is 17.1 Å². The van der Waals surface area contributed by atoms with Gasteiger partial charge in [-0.05, 0) is 49.2 Å². The first-order valence-corrected chi connectivity index (χ1v) is 11.0. The Morgan fingerprint density at radius 1 is 1.17 bits per heavy atom. The summed E-state index contributed by atoms with van der Waals surface area (Å²) < 4.78 is 15.4. The number of pyridine rings is 1. The third-order valence-electron chi connectivity index (χ3n) is 5.24. The van der Waals surface area contributed by atoms with Crippen LogP contribution in [0.4, 0.5) is 0 Å². The fourth-order valence-electron chi connectivity index (χ4n) is 3.70. The van der Waals surface area contributed by atoms with Crippen molar-refractivity contribution in [2.75, 3.05) is 13.7 Å². The molecule has 7 nitrogen and oxygen atoms in total. The zero-order valence-electron chi connectivity index (χ0n) is 16.8. The Labute approximate surface area is 179 Å². The molecule has 5 rings (SSSR count). The summed E-state index contributed by atoms with van der Waals surface area (Å²) in [6, 6.07) is 13.9. The molecule has 30 heavy (non-hydrogen) atoms. The summed E-state index contributed by atoms with van der Waals surface area (Å²) in [4.78, 5) is 4.69. The highest BCUT2D eigenvalue weighted by atomic mass is 32.2. The van der Waals surface area contributed by atoms with Gasteiger partial charge in [0, 0.05) is 30.3 Å². The van der Waals surface area contributed by atoms with Gasteiger partial charge in [-0.2, -0.15) is 0 Å². The quantitative estimate of drug-likeness (QED) is 0.419. The minimum Gasteiger partial charge on any atom is -0.497 e. The minimum absolute atomic E-state index is 0.201. The molecule has 1 atom stereocenters. The maximum atomic E-state index is 5.89. The van der Waals surface area contributed by atoms with E-state index in [1.54, 1.807) is 18.9 Å². The smallest absolute Gasteiger partial charge is 0.191 e. The summed E-state index contributed by atoms with van der Waals surface area (Å²) in [6.45, 7) is 1.58. The fraction of sp³-hybridized carbons (Fsp3) is 0.318. The Bertz CT molecular complexity index is 1100. The van der Waals surface area contributed by atoms with Crippen LogP contribution < -0.4 is 4.74 Å². The van der Waals surface area contributed by atoms with Gasteiger partial charge in [-0.3, -0.25) is 4.57 Å². The maximum Gasteiger partial charge on any atom is 0.191 e. The topological polar surface area (TPSA) is 66.5 Å². The molecule has 4 aromatic rings. The predicted octanol–water partition coefficient (Wildman–Crippen LogP) is 4.07. The first-order chi connectivity index (χ1) is 14.8. The number of rotatable bonds is 7. The predicted molar refractivity (Wildman–Crippen MR) is 116 cm³/mol. The van der Waals surface area contributed by atoms with Crippen molar-refractivity contribution in [1.82, 2.24) is 24.1 Å². The van der Waals surface area contributed by atoms with Crippen molar-refractivity contribution in [3.63, 3.8) is 0 Å². The van der Waals surface area contributed by atoms with Crippen molar-refractivity contribution in [1.29, 1.82) is 0 Å². The Balaban J connectivity index is 1.41. The van der Waals surface area contributed by atoms with Gasteiger partial charge in [0.25, 0.3) is 0 Å². The summed E-state index contributed by atoms with van der Waals surface area (Å²) in [5.74, 6) is 2.41. The van der Waals surface area contributed by atoms with Crippen LogP contribution in [0.2, 0.25) is 0 Å². The third-order valence-corrected chi connectivity index (χ3v) is 6.24. The zero-order valence-corrected chi connectivity index (χ0v) is 17.6. The van der Waals surface area contributed by atoms with Crippen LogP contribution in [0.5, 0.6) is 5.75 Å². The van der Waals surface area contributed by atoms with Gasteiger partial charge >= 0.3 is 0 Å². The molecule has 1 aliphatic heterocycles. The zero-order chi connectivity index (χ0) is 20.3. The Morgan fingerprint density at radius 2 is 2.07 bits per heavy atom. The largest absolute Gasteiger partial charge is 0.497 e. The van der Waals surface area contributed by atoms with Gasteiger partial charge in [0.05, 0.1) is 25.5 Å². The van der Waals surface area contributed by atoms with Crippen molar-refractivity contribution in [2.24, 2.45) is 0 Å². The molecule has 1 saturated heterocycles. The Morgan fingerprint density at radius 3 is 2.83 bits per heavy atom. The minimum atomic E-state index is 0.201. The molecule has 3 aromatic heterocycles. The van der Waals surface area contributed by atoms with Crippen LogP contribution in [0.1, 0.15) is 18.5 Å². The van der Waals surface area contributed by atoms with E-state index in [0.29, 0.717) is 0 Å². The molecule has 1 aromatic carbocycles. The van der Waals surface area contributed by atoms with Gasteiger partial charge < -0.3 is 13.9 Å². The number of thioether (sulfide) groups is 1. The molecule has 1 fully saturated rings. The number of fused-ring (bicyclic) bond motifs is 1. The van der Waals surface area contributed by atoms with Crippen LogP contribution in [0.3, 0.4) is 0 Å². The number of ether oxygens (including phenoxy) is 2. The number of nitrogens with zero attached hydrogens (tertiary/aromatic N) is 5. The second kappa shape index (κ2) is 8.49. The van der Waals surface area contributed by atoms with Crippen LogP contribution in [0.25, 0.3) is 17.0 Å². The lowest BCUT2D eigenvalue weighted by Crippen LogP contribution is -2.16. The molecular formula is C22H23N5O2S. The number of hydrogen-bond acceptors (Lipinski definition) is 6. The van der Waals surface area contributed by atoms with E-state index in [4.69, 9.17) is 14.5 Å². The molecule has 0 N–H and O–H groups in total. The van der Waals surface area contributed by atoms with Crippen LogP contribution in [-0.2, 0) is 17.0 Å². The standard InChI is InChI=1S/C22H23N5O2S/c1-28-18-9-7-16(8-10-18)21-24-25-22(27(21)14-19-5-4-12-29-19)30-15-17-13-26-11-3-2-6-20(26)23-17/h2-3,6-11,13,19H,4-5,12,14-15H2,1H3. The van der Waals surface area contributed by atoms with Crippen LogP contribution >= 0.6 is 11.8 Å². The first-order valence-electron chi connectivity index (χ1n) is 10.0. The van der Waals surface area contributed by atoms with Crippen LogP contribution in [0, 0.1) is 0 Å². The van der Waals surface area contributed by atoms with E-state index in [-0.39, 0.29) is 6.10 Å². The van der Waals surface area contributed by atoms with E-state index >= 15 is 0 Å². The van der Waals surface area contributed by atoms with E-state index in [1.807, 2.05) is 53.1 Å². The highest BCUT2D eigenvalue weighted by Gasteiger charge is 2.22. The van der Waals surface area contributed by atoms with E-state index in [2.05, 4.69) is 21.0 Å². The SMILES string of the molecule is COc1ccc(-c2nnc(SCc3cn4ccccc4n3)n2CC2CCCO2)cc1. The molecule has 1 unspecified atom stereocenters. The molecule has 154 valence electrons. The number of methoxy groups -OCH3 is 1.